The molecular formula is C20H33N3O. The van der Waals surface area contributed by atoms with Gasteiger partial charge in [-0.3, -0.25) is 4.90 Å². The van der Waals surface area contributed by atoms with Crippen molar-refractivity contribution < 1.29 is 4.74 Å². The molecule has 1 aromatic rings. The van der Waals surface area contributed by atoms with Gasteiger partial charge in [-0.25, -0.2) is 0 Å². The Balaban J connectivity index is 1.63. The molecule has 0 amide bonds. The zero-order chi connectivity index (χ0) is 16.8. The number of morpholine rings is 1. The van der Waals surface area contributed by atoms with Crippen LogP contribution in [0, 0.1) is 12.8 Å². The summed E-state index contributed by atoms with van der Waals surface area (Å²) in [5.41, 5.74) is 2.84. The van der Waals surface area contributed by atoms with Crippen LogP contribution in [0.1, 0.15) is 30.0 Å². The van der Waals surface area contributed by atoms with E-state index in [-0.39, 0.29) is 0 Å². The molecule has 0 spiro atoms. The van der Waals surface area contributed by atoms with Crippen molar-refractivity contribution >= 4 is 0 Å². The van der Waals surface area contributed by atoms with Gasteiger partial charge < -0.3 is 15.0 Å². The van der Waals surface area contributed by atoms with Crippen LogP contribution >= 0.6 is 0 Å². The van der Waals surface area contributed by atoms with E-state index in [0.29, 0.717) is 6.04 Å². The minimum Gasteiger partial charge on any atom is -0.379 e. The van der Waals surface area contributed by atoms with E-state index in [1.165, 1.54) is 37.1 Å². The summed E-state index contributed by atoms with van der Waals surface area (Å²) < 4.78 is 5.51. The summed E-state index contributed by atoms with van der Waals surface area (Å²) in [5.74, 6) is 0.778. The number of hydrogen-bond donors (Lipinski definition) is 1. The third-order valence-corrected chi connectivity index (χ3v) is 5.48. The number of aryl methyl sites for hydroxylation is 1. The van der Waals surface area contributed by atoms with Crippen molar-refractivity contribution in [2.75, 3.05) is 59.5 Å². The van der Waals surface area contributed by atoms with Crippen molar-refractivity contribution in [1.29, 1.82) is 0 Å². The summed E-state index contributed by atoms with van der Waals surface area (Å²) in [6.07, 6.45) is 2.69. The lowest BCUT2D eigenvalue weighted by Crippen LogP contribution is -2.44. The van der Waals surface area contributed by atoms with Gasteiger partial charge in [0.25, 0.3) is 0 Å². The number of nitrogens with one attached hydrogen (secondary N) is 1. The SMILES string of the molecule is Cc1ccccc1[C@H](CN1CCOCC1)NC[C@@H]1CCCN(C)C1. The van der Waals surface area contributed by atoms with E-state index in [1.807, 2.05) is 0 Å². The van der Waals surface area contributed by atoms with E-state index in [2.05, 4.69) is 53.4 Å². The van der Waals surface area contributed by atoms with Crippen LogP contribution in [0.4, 0.5) is 0 Å². The molecule has 1 aromatic carbocycles. The van der Waals surface area contributed by atoms with E-state index >= 15 is 0 Å². The van der Waals surface area contributed by atoms with Crippen LogP contribution in [-0.2, 0) is 4.74 Å². The largest absolute Gasteiger partial charge is 0.379 e. The van der Waals surface area contributed by atoms with Gasteiger partial charge in [-0.05, 0) is 56.9 Å². The Bertz CT molecular complexity index is 501. The number of benzene rings is 1. The van der Waals surface area contributed by atoms with Gasteiger partial charge in [0.2, 0.25) is 0 Å². The average Bonchev–Trinajstić information content (AvgIpc) is 2.60. The molecule has 4 heteroatoms. The van der Waals surface area contributed by atoms with E-state index in [9.17, 15) is 0 Å². The van der Waals surface area contributed by atoms with Crippen LogP contribution in [0.15, 0.2) is 24.3 Å². The monoisotopic (exact) mass is 331 g/mol. The molecule has 0 bridgehead atoms. The second-order valence-corrected chi connectivity index (χ2v) is 7.50. The second-order valence-electron chi connectivity index (χ2n) is 7.50. The van der Waals surface area contributed by atoms with Crippen LogP contribution < -0.4 is 5.32 Å². The molecule has 0 unspecified atom stereocenters. The lowest BCUT2D eigenvalue weighted by Gasteiger charge is -2.34. The molecule has 0 radical (unpaired) electrons. The fraction of sp³-hybridized carbons (Fsp3) is 0.700. The third-order valence-electron chi connectivity index (χ3n) is 5.48. The Morgan fingerprint density at radius 2 is 2.00 bits per heavy atom. The van der Waals surface area contributed by atoms with Crippen molar-refractivity contribution in [3.63, 3.8) is 0 Å². The van der Waals surface area contributed by atoms with Crippen LogP contribution in [0.25, 0.3) is 0 Å². The van der Waals surface area contributed by atoms with Gasteiger partial charge in [-0.2, -0.15) is 0 Å². The molecule has 134 valence electrons. The number of ether oxygens (including phenoxy) is 1. The number of hydrogen-bond acceptors (Lipinski definition) is 4. The number of likely N-dealkylation sites (tertiary alicyclic amines) is 1. The highest BCUT2D eigenvalue weighted by molar-refractivity contribution is 5.29. The van der Waals surface area contributed by atoms with Crippen molar-refractivity contribution in [1.82, 2.24) is 15.1 Å². The van der Waals surface area contributed by atoms with Crippen molar-refractivity contribution in [3.8, 4) is 0 Å². The Morgan fingerprint density at radius 3 is 2.75 bits per heavy atom. The molecule has 2 fully saturated rings. The zero-order valence-electron chi connectivity index (χ0n) is 15.3. The summed E-state index contributed by atoms with van der Waals surface area (Å²) in [6, 6.07) is 9.25. The van der Waals surface area contributed by atoms with Crippen molar-refractivity contribution in [3.05, 3.63) is 35.4 Å². The molecule has 2 heterocycles. The number of rotatable bonds is 6. The molecule has 2 atom stereocenters. The molecule has 0 aromatic heterocycles. The smallest absolute Gasteiger partial charge is 0.0594 e. The topological polar surface area (TPSA) is 27.7 Å². The molecule has 24 heavy (non-hydrogen) atoms. The van der Waals surface area contributed by atoms with Gasteiger partial charge in [0.05, 0.1) is 13.2 Å². The third kappa shape index (κ3) is 5.03. The first-order valence-electron chi connectivity index (χ1n) is 9.50. The summed E-state index contributed by atoms with van der Waals surface area (Å²) in [4.78, 5) is 5.02. The predicted molar refractivity (Wildman–Crippen MR) is 99.4 cm³/mol. The Labute approximate surface area is 147 Å². The summed E-state index contributed by atoms with van der Waals surface area (Å²) in [5, 5.41) is 3.91. The van der Waals surface area contributed by atoms with Gasteiger partial charge in [0, 0.05) is 32.2 Å². The van der Waals surface area contributed by atoms with Crippen LogP contribution in [-0.4, -0.2) is 69.3 Å². The number of piperidine rings is 1. The van der Waals surface area contributed by atoms with Gasteiger partial charge in [0.1, 0.15) is 0 Å². The quantitative estimate of drug-likeness (QED) is 0.866. The predicted octanol–water partition coefficient (Wildman–Crippen LogP) is 2.30. The van der Waals surface area contributed by atoms with E-state index in [1.54, 1.807) is 0 Å². The Hall–Kier alpha value is -0.940. The van der Waals surface area contributed by atoms with Crippen LogP contribution in [0.3, 0.4) is 0 Å². The van der Waals surface area contributed by atoms with E-state index in [0.717, 1.165) is 45.3 Å². The minimum atomic E-state index is 0.413. The Kier molecular flexibility index (Phi) is 6.67. The lowest BCUT2D eigenvalue weighted by atomic mass is 9.96. The maximum atomic E-state index is 5.51. The maximum absolute atomic E-state index is 5.51. The van der Waals surface area contributed by atoms with Crippen LogP contribution in [0.5, 0.6) is 0 Å². The van der Waals surface area contributed by atoms with Crippen LogP contribution in [0.2, 0.25) is 0 Å². The molecule has 1 N–H and O–H groups in total. The summed E-state index contributed by atoms with van der Waals surface area (Å²) in [7, 11) is 2.25. The van der Waals surface area contributed by atoms with Gasteiger partial charge in [-0.1, -0.05) is 24.3 Å². The van der Waals surface area contributed by atoms with E-state index < -0.39 is 0 Å². The molecule has 2 aliphatic rings. The number of nitrogens with zero attached hydrogens (tertiary/aromatic N) is 2. The maximum Gasteiger partial charge on any atom is 0.0594 e. The highest BCUT2D eigenvalue weighted by Gasteiger charge is 2.22. The van der Waals surface area contributed by atoms with E-state index in [4.69, 9.17) is 4.74 Å². The fourth-order valence-electron chi connectivity index (χ4n) is 4.04. The summed E-state index contributed by atoms with van der Waals surface area (Å²) >= 11 is 0. The standard InChI is InChI=1S/C20H33N3O/c1-17-6-3-4-8-19(17)20(16-23-10-12-24-13-11-23)21-14-18-7-5-9-22(2)15-18/h3-4,6,8,18,20-21H,5,7,9-16H2,1-2H3/t18-,20-/m0/s1. The normalized spacial score (nSPS) is 24.8. The van der Waals surface area contributed by atoms with Crippen molar-refractivity contribution in [2.45, 2.75) is 25.8 Å². The Morgan fingerprint density at radius 1 is 1.21 bits per heavy atom. The lowest BCUT2D eigenvalue weighted by molar-refractivity contribution is 0.0330. The average molecular weight is 332 g/mol. The van der Waals surface area contributed by atoms with Gasteiger partial charge in [-0.15, -0.1) is 0 Å². The first-order chi connectivity index (χ1) is 11.7. The molecule has 3 rings (SSSR count). The van der Waals surface area contributed by atoms with Gasteiger partial charge in [0.15, 0.2) is 0 Å². The second kappa shape index (κ2) is 8.95. The highest BCUT2D eigenvalue weighted by Crippen LogP contribution is 2.21. The molecular weight excluding hydrogens is 298 g/mol. The fourth-order valence-corrected chi connectivity index (χ4v) is 4.04. The first kappa shape index (κ1) is 17.9. The zero-order valence-corrected chi connectivity index (χ0v) is 15.3. The molecule has 0 aliphatic carbocycles. The molecule has 4 nitrogen and oxygen atoms in total. The minimum absolute atomic E-state index is 0.413. The summed E-state index contributed by atoms with van der Waals surface area (Å²) in [6.45, 7) is 10.8. The molecule has 0 saturated carbocycles. The van der Waals surface area contributed by atoms with Crippen molar-refractivity contribution in [2.24, 2.45) is 5.92 Å². The molecule has 2 saturated heterocycles. The van der Waals surface area contributed by atoms with Gasteiger partial charge >= 0.3 is 0 Å². The highest BCUT2D eigenvalue weighted by atomic mass is 16.5. The molecule has 2 aliphatic heterocycles. The first-order valence-corrected chi connectivity index (χ1v) is 9.50.